The summed E-state index contributed by atoms with van der Waals surface area (Å²) in [5.41, 5.74) is 1.13. The van der Waals surface area contributed by atoms with Crippen LogP contribution < -0.4 is 10.6 Å². The first-order valence-corrected chi connectivity index (χ1v) is 9.26. The van der Waals surface area contributed by atoms with Crippen LogP contribution in [-0.4, -0.2) is 31.1 Å². The van der Waals surface area contributed by atoms with E-state index in [1.807, 2.05) is 44.2 Å². The first-order chi connectivity index (χ1) is 12.0. The molecule has 1 aliphatic carbocycles. The maximum Gasteiger partial charge on any atom is 0.308 e. The average Bonchev–Trinajstić information content (AvgIpc) is 3.28. The molecular weight excluding hydrogens is 352 g/mol. The Balaban J connectivity index is 0.00000243. The van der Waals surface area contributed by atoms with Crippen LogP contribution in [0.1, 0.15) is 51.1 Å². The zero-order valence-corrected chi connectivity index (χ0v) is 16.3. The number of carbonyl (C=O) groups is 2. The Hall–Kier alpha value is -1.59. The fourth-order valence-corrected chi connectivity index (χ4v) is 3.88. The molecule has 1 amide bonds. The summed E-state index contributed by atoms with van der Waals surface area (Å²) in [4.78, 5) is 24.9. The van der Waals surface area contributed by atoms with Crippen molar-refractivity contribution in [2.24, 2.45) is 11.3 Å². The Morgan fingerprint density at radius 1 is 1.23 bits per heavy atom. The number of nitrogens with one attached hydrogen (secondary N) is 2. The zero-order chi connectivity index (χ0) is 17.9. The van der Waals surface area contributed by atoms with Crippen molar-refractivity contribution in [2.75, 3.05) is 13.1 Å². The first kappa shape index (κ1) is 20.7. The van der Waals surface area contributed by atoms with E-state index in [9.17, 15) is 9.59 Å². The summed E-state index contributed by atoms with van der Waals surface area (Å²) in [5.74, 6) is -0.119. The number of ether oxygens (including phenoxy) is 1. The molecule has 26 heavy (non-hydrogen) atoms. The maximum atomic E-state index is 12.8. The smallest absolute Gasteiger partial charge is 0.308 e. The quantitative estimate of drug-likeness (QED) is 0.744. The predicted octanol–water partition coefficient (Wildman–Crippen LogP) is 3.00. The van der Waals surface area contributed by atoms with Gasteiger partial charge in [-0.15, -0.1) is 12.4 Å². The van der Waals surface area contributed by atoms with Crippen LogP contribution >= 0.6 is 12.4 Å². The van der Waals surface area contributed by atoms with Crippen molar-refractivity contribution in [1.82, 2.24) is 10.6 Å². The van der Waals surface area contributed by atoms with Crippen LogP contribution in [-0.2, 0) is 14.3 Å². The molecule has 2 aliphatic rings. The molecule has 2 atom stereocenters. The highest BCUT2D eigenvalue weighted by Gasteiger charge is 2.57. The number of rotatable bonds is 6. The van der Waals surface area contributed by atoms with E-state index < -0.39 is 0 Å². The van der Waals surface area contributed by atoms with E-state index in [0.29, 0.717) is 0 Å². The molecule has 1 aromatic carbocycles. The van der Waals surface area contributed by atoms with Crippen molar-refractivity contribution < 1.29 is 14.3 Å². The van der Waals surface area contributed by atoms with Gasteiger partial charge in [0.15, 0.2) is 0 Å². The Bertz CT molecular complexity index is 615. The van der Waals surface area contributed by atoms with Gasteiger partial charge in [0.25, 0.3) is 0 Å². The molecule has 1 aromatic rings. The van der Waals surface area contributed by atoms with E-state index >= 15 is 0 Å². The number of benzene rings is 1. The van der Waals surface area contributed by atoms with E-state index in [2.05, 4.69) is 10.6 Å². The van der Waals surface area contributed by atoms with Crippen LogP contribution in [0.15, 0.2) is 30.3 Å². The summed E-state index contributed by atoms with van der Waals surface area (Å²) in [7, 11) is 0. The van der Waals surface area contributed by atoms with E-state index in [-0.39, 0.29) is 54.2 Å². The summed E-state index contributed by atoms with van der Waals surface area (Å²) < 4.78 is 5.27. The van der Waals surface area contributed by atoms with Crippen LogP contribution in [0, 0.1) is 11.3 Å². The minimum Gasteiger partial charge on any atom is -0.463 e. The Morgan fingerprint density at radius 2 is 1.88 bits per heavy atom. The van der Waals surface area contributed by atoms with Crippen molar-refractivity contribution in [1.29, 1.82) is 0 Å². The summed E-state index contributed by atoms with van der Waals surface area (Å²) >= 11 is 0. The SMILES string of the molecule is CC(C)OC(=O)CC(NC(=O)C1CC12CCNCC2)c1ccccc1.Cl. The lowest BCUT2D eigenvalue weighted by Gasteiger charge is -2.24. The molecule has 2 N–H and O–H groups in total. The van der Waals surface area contributed by atoms with Gasteiger partial charge in [0, 0.05) is 5.92 Å². The van der Waals surface area contributed by atoms with Crippen molar-refractivity contribution in [3.8, 4) is 0 Å². The van der Waals surface area contributed by atoms with Crippen LogP contribution in [0.3, 0.4) is 0 Å². The standard InChI is InChI=1S/C20H28N2O3.ClH/c1-14(2)25-18(23)12-17(15-6-4-3-5-7-15)22-19(24)16-13-20(16)8-10-21-11-9-20;/h3-7,14,16-17,21H,8-13H2,1-2H3,(H,22,24);1H. The van der Waals surface area contributed by atoms with Gasteiger partial charge in [-0.2, -0.15) is 0 Å². The Labute approximate surface area is 161 Å². The number of carbonyl (C=O) groups excluding carboxylic acids is 2. The Kier molecular flexibility index (Phi) is 7.07. The fraction of sp³-hybridized carbons (Fsp3) is 0.600. The third-order valence-electron chi connectivity index (χ3n) is 5.36. The molecule has 1 heterocycles. The normalized spacial score (nSPS) is 21.6. The molecule has 0 radical (unpaired) electrons. The fourth-order valence-electron chi connectivity index (χ4n) is 3.88. The monoisotopic (exact) mass is 380 g/mol. The van der Waals surface area contributed by atoms with E-state index in [0.717, 1.165) is 37.9 Å². The molecule has 6 heteroatoms. The highest BCUT2D eigenvalue weighted by molar-refractivity contribution is 5.85. The van der Waals surface area contributed by atoms with Gasteiger partial charge < -0.3 is 15.4 Å². The predicted molar refractivity (Wildman–Crippen MR) is 103 cm³/mol. The van der Waals surface area contributed by atoms with Crippen molar-refractivity contribution in [3.63, 3.8) is 0 Å². The molecule has 0 bridgehead atoms. The molecule has 1 saturated carbocycles. The lowest BCUT2D eigenvalue weighted by Crippen LogP contribution is -2.36. The van der Waals surface area contributed by atoms with Crippen molar-refractivity contribution >= 4 is 24.3 Å². The van der Waals surface area contributed by atoms with Crippen LogP contribution in [0.4, 0.5) is 0 Å². The summed E-state index contributed by atoms with van der Waals surface area (Å²) in [5, 5.41) is 6.47. The second-order valence-corrected chi connectivity index (χ2v) is 7.58. The summed E-state index contributed by atoms with van der Waals surface area (Å²) in [6.45, 7) is 5.65. The van der Waals surface area contributed by atoms with Gasteiger partial charge in [-0.3, -0.25) is 9.59 Å². The minimum atomic E-state index is -0.334. The third-order valence-corrected chi connectivity index (χ3v) is 5.36. The number of hydrogen-bond acceptors (Lipinski definition) is 4. The molecule has 0 aromatic heterocycles. The molecule has 1 saturated heterocycles. The molecule has 5 nitrogen and oxygen atoms in total. The second kappa shape index (κ2) is 8.87. The lowest BCUT2D eigenvalue weighted by atomic mass is 9.91. The number of halogens is 1. The van der Waals surface area contributed by atoms with Gasteiger partial charge in [0.2, 0.25) is 5.91 Å². The van der Waals surface area contributed by atoms with Gasteiger partial charge in [0.05, 0.1) is 18.6 Å². The van der Waals surface area contributed by atoms with Gasteiger partial charge in [0.1, 0.15) is 0 Å². The molecule has 3 rings (SSSR count). The number of amides is 1. The van der Waals surface area contributed by atoms with E-state index in [1.54, 1.807) is 0 Å². The van der Waals surface area contributed by atoms with Gasteiger partial charge >= 0.3 is 5.97 Å². The topological polar surface area (TPSA) is 67.4 Å². The van der Waals surface area contributed by atoms with E-state index in [4.69, 9.17) is 4.74 Å². The van der Waals surface area contributed by atoms with Crippen LogP contribution in [0.25, 0.3) is 0 Å². The van der Waals surface area contributed by atoms with Gasteiger partial charge in [-0.1, -0.05) is 30.3 Å². The maximum absolute atomic E-state index is 12.8. The lowest BCUT2D eigenvalue weighted by molar-refractivity contribution is -0.148. The second-order valence-electron chi connectivity index (χ2n) is 7.58. The van der Waals surface area contributed by atoms with E-state index in [1.165, 1.54) is 0 Å². The average molecular weight is 381 g/mol. The van der Waals surface area contributed by atoms with Crippen molar-refractivity contribution in [3.05, 3.63) is 35.9 Å². The third kappa shape index (κ3) is 4.98. The summed E-state index contributed by atoms with van der Waals surface area (Å²) in [6, 6.07) is 9.34. The van der Waals surface area contributed by atoms with Gasteiger partial charge in [-0.05, 0) is 57.2 Å². The zero-order valence-electron chi connectivity index (χ0n) is 15.5. The summed E-state index contributed by atoms with van der Waals surface area (Å²) in [6.07, 6.45) is 3.11. The van der Waals surface area contributed by atoms with Crippen molar-refractivity contribution in [2.45, 2.75) is 51.7 Å². The first-order valence-electron chi connectivity index (χ1n) is 9.26. The van der Waals surface area contributed by atoms with Gasteiger partial charge in [-0.25, -0.2) is 0 Å². The molecule has 144 valence electrons. The molecule has 1 aliphatic heterocycles. The molecule has 2 unspecified atom stereocenters. The highest BCUT2D eigenvalue weighted by Crippen LogP contribution is 2.58. The van der Waals surface area contributed by atoms with Crippen LogP contribution in [0.2, 0.25) is 0 Å². The number of hydrogen-bond donors (Lipinski definition) is 2. The Morgan fingerprint density at radius 3 is 2.50 bits per heavy atom. The number of piperidine rings is 1. The molecule has 2 fully saturated rings. The minimum absolute atomic E-state index is 0. The largest absolute Gasteiger partial charge is 0.463 e. The molecule has 1 spiro atoms. The highest BCUT2D eigenvalue weighted by atomic mass is 35.5. The molecular formula is C20H29ClN2O3. The number of esters is 1. The van der Waals surface area contributed by atoms with Crippen LogP contribution in [0.5, 0.6) is 0 Å².